The van der Waals surface area contributed by atoms with Gasteiger partial charge < -0.3 is 14.7 Å². The maximum atomic E-state index is 12.9. The molecule has 178 valence electrons. The first-order chi connectivity index (χ1) is 15.4. The van der Waals surface area contributed by atoms with Gasteiger partial charge in [0.05, 0.1) is 23.0 Å². The summed E-state index contributed by atoms with van der Waals surface area (Å²) in [4.78, 5) is 16.8. The van der Waals surface area contributed by atoms with Crippen molar-refractivity contribution in [2.75, 3.05) is 13.1 Å². The van der Waals surface area contributed by atoms with Crippen molar-refractivity contribution >= 4 is 6.09 Å². The molecule has 2 saturated heterocycles. The molecule has 2 aliphatic rings. The number of ether oxygens (including phenoxy) is 1. The Hall–Kier alpha value is -2.61. The molecule has 1 aromatic heterocycles. The smallest absolute Gasteiger partial charge is 0.417 e. The van der Waals surface area contributed by atoms with Crippen molar-refractivity contribution in [2.45, 2.75) is 63.8 Å². The molecule has 0 aliphatic carbocycles. The summed E-state index contributed by atoms with van der Waals surface area (Å²) >= 11 is 0. The van der Waals surface area contributed by atoms with Crippen molar-refractivity contribution in [1.29, 1.82) is 0 Å². The maximum Gasteiger partial charge on any atom is 0.417 e. The molecule has 33 heavy (non-hydrogen) atoms. The summed E-state index contributed by atoms with van der Waals surface area (Å²) in [5, 5.41) is 9.30. The Labute approximate surface area is 191 Å². The van der Waals surface area contributed by atoms with Gasteiger partial charge in [0.15, 0.2) is 0 Å². The molecular weight excluding hydrogens is 433 g/mol. The van der Waals surface area contributed by atoms with E-state index < -0.39 is 17.8 Å². The fourth-order valence-electron chi connectivity index (χ4n) is 5.07. The third kappa shape index (κ3) is 4.86. The van der Waals surface area contributed by atoms with Crippen LogP contribution in [0.25, 0.3) is 11.3 Å². The molecular formula is C25H29F3N2O3. The molecule has 1 unspecified atom stereocenters. The molecule has 2 atom stereocenters. The van der Waals surface area contributed by atoms with Gasteiger partial charge in [-0.3, -0.25) is 4.98 Å². The lowest BCUT2D eigenvalue weighted by molar-refractivity contribution is -0.137. The van der Waals surface area contributed by atoms with Gasteiger partial charge in [0.1, 0.15) is 0 Å². The van der Waals surface area contributed by atoms with Crippen LogP contribution >= 0.6 is 0 Å². The highest BCUT2D eigenvalue weighted by Gasteiger charge is 2.52. The van der Waals surface area contributed by atoms with Crippen molar-refractivity contribution in [3.05, 3.63) is 53.7 Å². The van der Waals surface area contributed by atoms with Crippen LogP contribution in [-0.2, 0) is 10.9 Å². The fourth-order valence-corrected chi connectivity index (χ4v) is 5.07. The van der Waals surface area contributed by atoms with Crippen LogP contribution in [0.3, 0.4) is 0 Å². The van der Waals surface area contributed by atoms with Crippen molar-refractivity contribution in [3.8, 4) is 11.3 Å². The second-order valence-corrected chi connectivity index (χ2v) is 10.2. The van der Waals surface area contributed by atoms with E-state index in [-0.39, 0.29) is 23.0 Å². The van der Waals surface area contributed by atoms with E-state index in [1.165, 1.54) is 11.0 Å². The molecule has 1 amide bonds. The summed E-state index contributed by atoms with van der Waals surface area (Å²) < 4.78 is 45.4. The van der Waals surface area contributed by atoms with Crippen LogP contribution in [0.15, 0.2) is 42.6 Å². The molecule has 0 bridgehead atoms. The number of hydrogen-bond donors (Lipinski definition) is 1. The molecule has 2 fully saturated rings. The molecule has 1 aromatic carbocycles. The number of pyridine rings is 1. The third-order valence-electron chi connectivity index (χ3n) is 6.83. The van der Waals surface area contributed by atoms with Gasteiger partial charge in [-0.25, -0.2) is 4.79 Å². The van der Waals surface area contributed by atoms with Gasteiger partial charge >= 0.3 is 12.3 Å². The average molecular weight is 463 g/mol. The van der Waals surface area contributed by atoms with Crippen molar-refractivity contribution in [3.63, 3.8) is 0 Å². The predicted octanol–water partition coefficient (Wildman–Crippen LogP) is 6.20. The third-order valence-corrected chi connectivity index (χ3v) is 6.83. The number of carboxylic acid groups (broad SMARTS) is 1. The topological polar surface area (TPSA) is 62.7 Å². The van der Waals surface area contributed by atoms with Gasteiger partial charge in [-0.05, 0) is 48.4 Å². The summed E-state index contributed by atoms with van der Waals surface area (Å²) in [6, 6.07) is 10.2. The van der Waals surface area contributed by atoms with Crippen LogP contribution in [0.1, 0.15) is 57.1 Å². The van der Waals surface area contributed by atoms with Gasteiger partial charge in [0.25, 0.3) is 0 Å². The van der Waals surface area contributed by atoms with E-state index >= 15 is 0 Å². The SMILES string of the molecule is CC(C)(C)C1OC2(CCN(C(=O)O)CC2)C[C@@H]1c1cccc(-c2ccc(C(F)(F)F)cn2)c1. The van der Waals surface area contributed by atoms with Crippen LogP contribution < -0.4 is 0 Å². The molecule has 3 heterocycles. The number of amides is 1. The average Bonchev–Trinajstić information content (AvgIpc) is 3.13. The number of piperidine rings is 1. The van der Waals surface area contributed by atoms with Crippen LogP contribution in [0, 0.1) is 5.41 Å². The number of benzene rings is 1. The van der Waals surface area contributed by atoms with E-state index in [1.807, 2.05) is 24.3 Å². The van der Waals surface area contributed by atoms with E-state index in [2.05, 4.69) is 25.8 Å². The highest BCUT2D eigenvalue weighted by Crippen LogP contribution is 2.51. The number of aromatic nitrogens is 1. The number of hydrogen-bond acceptors (Lipinski definition) is 3. The zero-order valence-electron chi connectivity index (χ0n) is 19.0. The standard InChI is InChI=1S/C25H29F3N2O3/c1-23(2,3)21-19(14-24(33-21)9-11-30(12-10-24)22(31)32)16-5-4-6-17(13-16)20-8-7-18(15-29-20)25(26,27)28/h4-8,13,15,19,21H,9-12,14H2,1-3H3,(H,31,32)/t19-,21?/m1/s1. The highest BCUT2D eigenvalue weighted by molar-refractivity contribution is 5.65. The van der Waals surface area contributed by atoms with Crippen LogP contribution in [0.4, 0.5) is 18.0 Å². The molecule has 5 nitrogen and oxygen atoms in total. The second kappa shape index (κ2) is 8.31. The first kappa shape index (κ1) is 23.5. The lowest BCUT2D eigenvalue weighted by Crippen LogP contribution is -2.46. The van der Waals surface area contributed by atoms with Crippen LogP contribution in [0.5, 0.6) is 0 Å². The number of halogens is 3. The lowest BCUT2D eigenvalue weighted by atomic mass is 9.75. The van der Waals surface area contributed by atoms with Gasteiger partial charge in [-0.1, -0.05) is 39.0 Å². The molecule has 2 aliphatic heterocycles. The van der Waals surface area contributed by atoms with E-state index in [0.717, 1.165) is 29.8 Å². The molecule has 0 saturated carbocycles. The summed E-state index contributed by atoms with van der Waals surface area (Å²) in [7, 11) is 0. The van der Waals surface area contributed by atoms with E-state index in [9.17, 15) is 23.1 Å². The van der Waals surface area contributed by atoms with Crippen molar-refractivity contribution in [1.82, 2.24) is 9.88 Å². The van der Waals surface area contributed by atoms with Gasteiger partial charge in [0, 0.05) is 30.8 Å². The first-order valence-electron chi connectivity index (χ1n) is 11.2. The summed E-state index contributed by atoms with van der Waals surface area (Å²) in [5.41, 5.74) is 1.04. The Balaban J connectivity index is 1.61. The van der Waals surface area contributed by atoms with Gasteiger partial charge in [0.2, 0.25) is 0 Å². The Morgan fingerprint density at radius 3 is 2.39 bits per heavy atom. The zero-order valence-corrected chi connectivity index (χ0v) is 19.0. The van der Waals surface area contributed by atoms with Gasteiger partial charge in [-0.2, -0.15) is 13.2 Å². The summed E-state index contributed by atoms with van der Waals surface area (Å²) in [5.74, 6) is 0.0933. The number of nitrogens with zero attached hydrogens (tertiary/aromatic N) is 2. The van der Waals surface area contributed by atoms with E-state index in [4.69, 9.17) is 4.74 Å². The highest BCUT2D eigenvalue weighted by atomic mass is 19.4. The Morgan fingerprint density at radius 1 is 1.15 bits per heavy atom. The van der Waals surface area contributed by atoms with Crippen molar-refractivity contribution in [2.24, 2.45) is 5.41 Å². The molecule has 0 radical (unpaired) electrons. The summed E-state index contributed by atoms with van der Waals surface area (Å²) in [6.07, 6.45) is -2.42. The second-order valence-electron chi connectivity index (χ2n) is 10.2. The van der Waals surface area contributed by atoms with Crippen LogP contribution in [-0.4, -0.2) is 45.9 Å². The Kier molecular flexibility index (Phi) is 5.93. The molecule has 4 rings (SSSR count). The lowest BCUT2D eigenvalue weighted by Gasteiger charge is -2.39. The van der Waals surface area contributed by atoms with Gasteiger partial charge in [-0.15, -0.1) is 0 Å². The minimum absolute atomic E-state index is 0.0651. The summed E-state index contributed by atoms with van der Waals surface area (Å²) in [6.45, 7) is 7.31. The van der Waals surface area contributed by atoms with Crippen molar-refractivity contribution < 1.29 is 27.8 Å². The number of rotatable bonds is 2. The van der Waals surface area contributed by atoms with E-state index in [1.54, 1.807) is 0 Å². The Morgan fingerprint density at radius 2 is 1.85 bits per heavy atom. The number of alkyl halides is 3. The minimum atomic E-state index is -4.42. The molecule has 8 heteroatoms. The van der Waals surface area contributed by atoms with E-state index in [0.29, 0.717) is 31.6 Å². The monoisotopic (exact) mass is 462 g/mol. The quantitative estimate of drug-likeness (QED) is 0.577. The predicted molar refractivity (Wildman–Crippen MR) is 118 cm³/mol. The molecule has 1 spiro atoms. The fraction of sp³-hybridized carbons (Fsp3) is 0.520. The molecule has 1 N–H and O–H groups in total. The van der Waals surface area contributed by atoms with Crippen LogP contribution in [0.2, 0.25) is 0 Å². The number of likely N-dealkylation sites (tertiary alicyclic amines) is 1. The normalized spacial score (nSPS) is 23.2. The minimum Gasteiger partial charge on any atom is -0.465 e. The zero-order chi connectivity index (χ0) is 24.0. The number of carbonyl (C=O) groups is 1. The largest absolute Gasteiger partial charge is 0.465 e. The first-order valence-corrected chi connectivity index (χ1v) is 11.2. The Bertz CT molecular complexity index is 1010. The molecule has 2 aromatic rings. The maximum absolute atomic E-state index is 12.9.